The van der Waals surface area contributed by atoms with Crippen LogP contribution in [0.25, 0.3) is 10.4 Å². The summed E-state index contributed by atoms with van der Waals surface area (Å²) in [5, 5.41) is 12.9. The summed E-state index contributed by atoms with van der Waals surface area (Å²) in [6.45, 7) is 0. The predicted octanol–water partition coefficient (Wildman–Crippen LogP) is 4.23. The minimum Gasteiger partial charge on any atom is -0.459 e. The zero-order valence-corrected chi connectivity index (χ0v) is 12.9. The van der Waals surface area contributed by atoms with E-state index in [1.165, 1.54) is 23.2 Å². The highest BCUT2D eigenvalue weighted by Crippen LogP contribution is 2.44. The van der Waals surface area contributed by atoms with E-state index in [0.29, 0.717) is 10.6 Å². The Kier molecular flexibility index (Phi) is 3.25. The lowest BCUT2D eigenvalue weighted by Crippen LogP contribution is -2.10. The molecule has 0 aliphatic heterocycles. The first-order chi connectivity index (χ1) is 11.3. The maximum absolute atomic E-state index is 12.2. The lowest BCUT2D eigenvalue weighted by molar-refractivity contribution is 0.0997. The van der Waals surface area contributed by atoms with Crippen molar-refractivity contribution >= 4 is 22.2 Å². The van der Waals surface area contributed by atoms with Gasteiger partial charge in [-0.2, -0.15) is 5.26 Å². The second-order valence-corrected chi connectivity index (χ2v) is 6.33. The van der Waals surface area contributed by atoms with E-state index in [-0.39, 0.29) is 11.7 Å². The molecule has 2 aromatic heterocycles. The van der Waals surface area contributed by atoms with Crippen molar-refractivity contribution in [2.45, 2.75) is 12.8 Å². The zero-order valence-electron chi connectivity index (χ0n) is 12.1. The quantitative estimate of drug-likeness (QED) is 0.768. The molecule has 0 radical (unpaired) electrons. The molecular formula is C18H12N2O2S. The molecule has 5 heteroatoms. The Morgan fingerprint density at radius 3 is 2.87 bits per heavy atom. The maximum atomic E-state index is 12.2. The number of fused-ring (bicyclic) bond motifs is 3. The fourth-order valence-corrected chi connectivity index (χ4v) is 4.17. The average Bonchev–Trinajstić information content (AvgIpc) is 3.22. The number of thiophene rings is 1. The maximum Gasteiger partial charge on any atom is 0.291 e. The Hall–Kier alpha value is -2.84. The summed E-state index contributed by atoms with van der Waals surface area (Å²) in [4.78, 5) is 13.3. The van der Waals surface area contributed by atoms with Crippen LogP contribution in [0, 0.1) is 11.3 Å². The topological polar surface area (TPSA) is 66.0 Å². The Morgan fingerprint density at radius 2 is 2.09 bits per heavy atom. The van der Waals surface area contributed by atoms with E-state index in [9.17, 15) is 10.1 Å². The van der Waals surface area contributed by atoms with Crippen LogP contribution in [0.1, 0.15) is 27.2 Å². The number of nitriles is 1. The van der Waals surface area contributed by atoms with Gasteiger partial charge in [-0.05, 0) is 41.7 Å². The molecule has 0 saturated heterocycles. The molecule has 112 valence electrons. The number of carbonyl (C=O) groups excluding carboxylic acids is 1. The van der Waals surface area contributed by atoms with Crippen molar-refractivity contribution < 1.29 is 9.21 Å². The van der Waals surface area contributed by atoms with Crippen molar-refractivity contribution in [3.63, 3.8) is 0 Å². The molecule has 0 atom stereocenters. The number of furan rings is 1. The van der Waals surface area contributed by atoms with Crippen LogP contribution in [-0.4, -0.2) is 5.91 Å². The third-order valence-electron chi connectivity index (χ3n) is 4.00. The lowest BCUT2D eigenvalue weighted by atomic mass is 9.90. The minimum atomic E-state index is -0.335. The van der Waals surface area contributed by atoms with Gasteiger partial charge in [0.05, 0.1) is 11.8 Å². The molecule has 23 heavy (non-hydrogen) atoms. The summed E-state index contributed by atoms with van der Waals surface area (Å²) < 4.78 is 5.11. The van der Waals surface area contributed by atoms with Gasteiger partial charge in [0.15, 0.2) is 5.76 Å². The third-order valence-corrected chi connectivity index (χ3v) is 5.18. The Balaban J connectivity index is 1.77. The number of hydrogen-bond acceptors (Lipinski definition) is 4. The fourth-order valence-electron chi connectivity index (χ4n) is 2.92. The first kappa shape index (κ1) is 13.8. The molecule has 0 spiro atoms. The lowest BCUT2D eigenvalue weighted by Gasteiger charge is -2.15. The molecule has 1 amide bonds. The van der Waals surface area contributed by atoms with Gasteiger partial charge in [-0.25, -0.2) is 0 Å². The number of aryl methyl sites for hydroxylation is 1. The molecule has 0 unspecified atom stereocenters. The van der Waals surface area contributed by atoms with Crippen LogP contribution < -0.4 is 5.32 Å². The van der Waals surface area contributed by atoms with Crippen molar-refractivity contribution in [2.24, 2.45) is 0 Å². The summed E-state index contributed by atoms with van der Waals surface area (Å²) >= 11 is 1.46. The van der Waals surface area contributed by atoms with Gasteiger partial charge in [-0.15, -0.1) is 11.3 Å². The molecule has 2 heterocycles. The summed E-state index contributed by atoms with van der Waals surface area (Å²) in [7, 11) is 0. The predicted molar refractivity (Wildman–Crippen MR) is 88.5 cm³/mol. The number of rotatable bonds is 2. The van der Waals surface area contributed by atoms with E-state index < -0.39 is 0 Å². The van der Waals surface area contributed by atoms with Crippen LogP contribution in [0.3, 0.4) is 0 Å². The molecule has 1 N–H and O–H groups in total. The molecule has 4 rings (SSSR count). The molecule has 3 aromatic rings. The summed E-state index contributed by atoms with van der Waals surface area (Å²) in [6, 6.07) is 13.7. The normalized spacial score (nSPS) is 12.1. The van der Waals surface area contributed by atoms with Gasteiger partial charge < -0.3 is 9.73 Å². The van der Waals surface area contributed by atoms with E-state index in [0.717, 1.165) is 28.8 Å². The Bertz CT molecular complexity index is 933. The molecule has 0 saturated carbocycles. The van der Waals surface area contributed by atoms with Crippen LogP contribution in [0.4, 0.5) is 5.00 Å². The molecule has 1 aliphatic carbocycles. The second kappa shape index (κ2) is 5.41. The number of carbonyl (C=O) groups is 1. The molecule has 0 bridgehead atoms. The molecule has 1 aromatic carbocycles. The highest BCUT2D eigenvalue weighted by Gasteiger charge is 2.25. The number of hydrogen-bond donors (Lipinski definition) is 1. The Labute approximate surface area is 137 Å². The van der Waals surface area contributed by atoms with Crippen LogP contribution in [0.2, 0.25) is 0 Å². The first-order valence-corrected chi connectivity index (χ1v) is 8.08. The monoisotopic (exact) mass is 320 g/mol. The van der Waals surface area contributed by atoms with Crippen molar-refractivity contribution in [2.75, 3.05) is 5.32 Å². The first-order valence-electron chi connectivity index (χ1n) is 7.27. The van der Waals surface area contributed by atoms with E-state index in [1.807, 2.05) is 12.1 Å². The van der Waals surface area contributed by atoms with Crippen molar-refractivity contribution in [3.05, 3.63) is 65.1 Å². The standard InChI is InChI=1S/C18H12N2O2S/c19-10-14-13-8-7-11-4-1-2-5-12(11)16(13)23-18(14)20-17(21)15-6-3-9-22-15/h1-6,9H,7-8H2,(H,20,21). The highest BCUT2D eigenvalue weighted by atomic mass is 32.1. The fraction of sp³-hybridized carbons (Fsp3) is 0.111. The SMILES string of the molecule is N#Cc1c(NC(=O)c2ccco2)sc2c1CCc1ccccc1-2. The van der Waals surface area contributed by atoms with Gasteiger partial charge in [0.1, 0.15) is 11.1 Å². The van der Waals surface area contributed by atoms with E-state index in [4.69, 9.17) is 4.42 Å². The number of nitrogens with one attached hydrogen (secondary N) is 1. The summed E-state index contributed by atoms with van der Waals surface area (Å²) in [5.41, 5.74) is 4.05. The Morgan fingerprint density at radius 1 is 1.22 bits per heavy atom. The van der Waals surface area contributed by atoms with Crippen molar-refractivity contribution in [3.8, 4) is 16.5 Å². The average molecular weight is 320 g/mol. The van der Waals surface area contributed by atoms with Gasteiger partial charge in [0.25, 0.3) is 5.91 Å². The third kappa shape index (κ3) is 2.24. The molecule has 1 aliphatic rings. The largest absolute Gasteiger partial charge is 0.459 e. The molecule has 4 nitrogen and oxygen atoms in total. The van der Waals surface area contributed by atoms with Gasteiger partial charge in [-0.3, -0.25) is 4.79 Å². The van der Waals surface area contributed by atoms with Crippen LogP contribution in [-0.2, 0) is 12.8 Å². The molecule has 0 fully saturated rings. The van der Waals surface area contributed by atoms with Crippen molar-refractivity contribution in [1.29, 1.82) is 5.26 Å². The summed E-state index contributed by atoms with van der Waals surface area (Å²) in [5.74, 6) is -0.0981. The van der Waals surface area contributed by atoms with Gasteiger partial charge in [0.2, 0.25) is 0 Å². The van der Waals surface area contributed by atoms with Gasteiger partial charge in [0, 0.05) is 4.88 Å². The van der Waals surface area contributed by atoms with Gasteiger partial charge in [-0.1, -0.05) is 24.3 Å². The van der Waals surface area contributed by atoms with Crippen molar-refractivity contribution in [1.82, 2.24) is 0 Å². The van der Waals surface area contributed by atoms with E-state index >= 15 is 0 Å². The molecular weight excluding hydrogens is 308 g/mol. The smallest absolute Gasteiger partial charge is 0.291 e. The highest BCUT2D eigenvalue weighted by molar-refractivity contribution is 7.20. The van der Waals surface area contributed by atoms with Crippen LogP contribution >= 0.6 is 11.3 Å². The van der Waals surface area contributed by atoms with Gasteiger partial charge >= 0.3 is 0 Å². The number of nitrogens with zero attached hydrogens (tertiary/aromatic N) is 1. The van der Waals surface area contributed by atoms with Crippen LogP contribution in [0.5, 0.6) is 0 Å². The second-order valence-electron chi connectivity index (χ2n) is 5.31. The zero-order chi connectivity index (χ0) is 15.8. The number of amides is 1. The minimum absolute atomic E-state index is 0.237. The summed E-state index contributed by atoms with van der Waals surface area (Å²) in [6.07, 6.45) is 3.19. The van der Waals surface area contributed by atoms with E-state index in [1.54, 1.807) is 12.1 Å². The van der Waals surface area contributed by atoms with E-state index in [2.05, 4.69) is 23.5 Å². The number of anilines is 1. The van der Waals surface area contributed by atoms with Crippen LogP contribution in [0.15, 0.2) is 47.1 Å². The number of benzene rings is 1.